The molecule has 174 valence electrons. The van der Waals surface area contributed by atoms with Gasteiger partial charge < -0.3 is 9.47 Å². The highest BCUT2D eigenvalue weighted by Gasteiger charge is 2.33. The molecule has 0 radical (unpaired) electrons. The van der Waals surface area contributed by atoms with Crippen molar-refractivity contribution in [2.24, 2.45) is 4.99 Å². The Labute approximate surface area is 204 Å². The van der Waals surface area contributed by atoms with E-state index < -0.39 is 18.0 Å². The van der Waals surface area contributed by atoms with Crippen molar-refractivity contribution in [3.63, 3.8) is 0 Å². The predicted octanol–water partition coefficient (Wildman–Crippen LogP) is 3.38. The molecule has 1 aliphatic rings. The topological polar surface area (TPSA) is 87.0 Å². The van der Waals surface area contributed by atoms with Gasteiger partial charge in [0, 0.05) is 11.9 Å². The average Bonchev–Trinajstić information content (AvgIpc) is 3.09. The SMILES string of the molecule is CCOC(=O)C1=C(C)N=c2s/c(=C/c3ccccc3Cl)c(=O)n2[C@@H]1c1ccc(OC(C)=O)cc1. The Kier molecular flexibility index (Phi) is 6.81. The number of esters is 2. The van der Waals surface area contributed by atoms with Gasteiger partial charge in [-0.3, -0.25) is 14.2 Å². The maximum atomic E-state index is 13.6. The van der Waals surface area contributed by atoms with E-state index in [4.69, 9.17) is 21.1 Å². The molecule has 0 spiro atoms. The molecule has 2 aromatic carbocycles. The molecule has 0 amide bonds. The van der Waals surface area contributed by atoms with Gasteiger partial charge in [0.1, 0.15) is 5.75 Å². The van der Waals surface area contributed by atoms with Gasteiger partial charge >= 0.3 is 11.9 Å². The van der Waals surface area contributed by atoms with Crippen LogP contribution in [0, 0.1) is 0 Å². The quantitative estimate of drug-likeness (QED) is 0.399. The number of allylic oxidation sites excluding steroid dienone is 1. The summed E-state index contributed by atoms with van der Waals surface area (Å²) in [6, 6.07) is 13.1. The number of carbonyl (C=O) groups excluding carboxylic acids is 2. The van der Waals surface area contributed by atoms with Crippen LogP contribution in [0.5, 0.6) is 5.75 Å². The van der Waals surface area contributed by atoms with Gasteiger partial charge in [-0.25, -0.2) is 9.79 Å². The van der Waals surface area contributed by atoms with E-state index in [2.05, 4.69) is 4.99 Å². The maximum Gasteiger partial charge on any atom is 0.338 e. The fourth-order valence-corrected chi connectivity index (χ4v) is 4.95. The molecule has 1 aliphatic heterocycles. The Bertz CT molecular complexity index is 1480. The van der Waals surface area contributed by atoms with E-state index in [1.165, 1.54) is 22.8 Å². The summed E-state index contributed by atoms with van der Waals surface area (Å²) in [5, 5.41) is 0.523. The molecule has 0 bridgehead atoms. The number of hydrogen-bond donors (Lipinski definition) is 0. The molecule has 0 fully saturated rings. The van der Waals surface area contributed by atoms with E-state index >= 15 is 0 Å². The van der Waals surface area contributed by atoms with Crippen molar-refractivity contribution in [1.82, 2.24) is 4.57 Å². The molecule has 0 saturated carbocycles. The first-order chi connectivity index (χ1) is 16.3. The van der Waals surface area contributed by atoms with Crippen LogP contribution in [0.1, 0.15) is 37.9 Å². The monoisotopic (exact) mass is 496 g/mol. The van der Waals surface area contributed by atoms with Crippen molar-refractivity contribution >= 4 is 41.0 Å². The van der Waals surface area contributed by atoms with Crippen molar-refractivity contribution in [3.05, 3.63) is 95.6 Å². The van der Waals surface area contributed by atoms with Gasteiger partial charge in [0.2, 0.25) is 0 Å². The van der Waals surface area contributed by atoms with Crippen molar-refractivity contribution in [2.45, 2.75) is 26.8 Å². The summed E-state index contributed by atoms with van der Waals surface area (Å²) < 4.78 is 12.3. The number of thiazole rings is 1. The third-order valence-corrected chi connectivity index (χ3v) is 6.49. The van der Waals surface area contributed by atoms with Crippen molar-refractivity contribution < 1.29 is 19.1 Å². The summed E-state index contributed by atoms with van der Waals surface area (Å²) >= 11 is 7.51. The number of benzene rings is 2. The van der Waals surface area contributed by atoms with Crippen LogP contribution in [0.25, 0.3) is 6.08 Å². The van der Waals surface area contributed by atoms with Gasteiger partial charge in [0.05, 0.1) is 28.5 Å². The van der Waals surface area contributed by atoms with E-state index in [0.717, 1.165) is 0 Å². The predicted molar refractivity (Wildman–Crippen MR) is 130 cm³/mol. The number of hydrogen-bond acceptors (Lipinski definition) is 7. The van der Waals surface area contributed by atoms with Crippen molar-refractivity contribution in [1.29, 1.82) is 0 Å². The lowest BCUT2D eigenvalue weighted by Gasteiger charge is -2.24. The molecule has 3 aromatic rings. The van der Waals surface area contributed by atoms with Crippen LogP contribution in [0.2, 0.25) is 5.02 Å². The second-order valence-electron chi connectivity index (χ2n) is 7.49. The number of aromatic nitrogens is 1. The molecule has 0 aliphatic carbocycles. The molecule has 0 N–H and O–H groups in total. The highest BCUT2D eigenvalue weighted by molar-refractivity contribution is 7.07. The van der Waals surface area contributed by atoms with Gasteiger partial charge in [0.15, 0.2) is 4.80 Å². The molecular weight excluding hydrogens is 476 g/mol. The molecule has 9 heteroatoms. The number of rotatable bonds is 5. The molecular formula is C25H21ClN2O5S. The smallest absolute Gasteiger partial charge is 0.338 e. The van der Waals surface area contributed by atoms with E-state index in [9.17, 15) is 14.4 Å². The Morgan fingerprint density at radius 1 is 1.18 bits per heavy atom. The zero-order valence-electron chi connectivity index (χ0n) is 18.7. The first-order valence-corrected chi connectivity index (χ1v) is 11.7. The van der Waals surface area contributed by atoms with Crippen LogP contribution in [0.4, 0.5) is 0 Å². The molecule has 0 unspecified atom stereocenters. The number of ether oxygens (including phenoxy) is 2. The lowest BCUT2D eigenvalue weighted by atomic mass is 9.96. The summed E-state index contributed by atoms with van der Waals surface area (Å²) in [5.41, 5.74) is 1.81. The third kappa shape index (κ3) is 4.60. The fraction of sp³-hybridized carbons (Fsp3) is 0.200. The van der Waals surface area contributed by atoms with Gasteiger partial charge in [-0.15, -0.1) is 0 Å². The van der Waals surface area contributed by atoms with E-state index in [1.54, 1.807) is 50.3 Å². The average molecular weight is 497 g/mol. The van der Waals surface area contributed by atoms with Crippen LogP contribution >= 0.6 is 22.9 Å². The molecule has 1 aromatic heterocycles. The largest absolute Gasteiger partial charge is 0.463 e. The summed E-state index contributed by atoms with van der Waals surface area (Å²) in [4.78, 5) is 42.8. The summed E-state index contributed by atoms with van der Waals surface area (Å²) in [5.74, 6) is -0.623. The van der Waals surface area contributed by atoms with Crippen LogP contribution < -0.4 is 19.6 Å². The first kappa shape index (κ1) is 23.7. The first-order valence-electron chi connectivity index (χ1n) is 10.5. The molecule has 7 nitrogen and oxygen atoms in total. The second-order valence-corrected chi connectivity index (χ2v) is 8.90. The Balaban J connectivity index is 1.92. The third-order valence-electron chi connectivity index (χ3n) is 5.17. The van der Waals surface area contributed by atoms with Crippen LogP contribution in [-0.4, -0.2) is 23.1 Å². The minimum absolute atomic E-state index is 0.185. The highest BCUT2D eigenvalue weighted by atomic mass is 35.5. The number of nitrogens with zero attached hydrogens (tertiary/aromatic N) is 2. The zero-order chi connectivity index (χ0) is 24.4. The molecule has 1 atom stereocenters. The maximum absolute atomic E-state index is 13.6. The summed E-state index contributed by atoms with van der Waals surface area (Å²) in [6.45, 7) is 4.94. The Morgan fingerprint density at radius 3 is 2.53 bits per heavy atom. The summed E-state index contributed by atoms with van der Waals surface area (Å²) in [7, 11) is 0. The lowest BCUT2D eigenvalue weighted by Crippen LogP contribution is -2.39. The Hall–Kier alpha value is -3.49. The standard InChI is InChI=1S/C25H21ClN2O5S/c1-4-32-24(31)21-14(2)27-25-28(22(21)16-9-11-18(12-10-16)33-15(3)29)23(30)20(34-25)13-17-7-5-6-8-19(17)26/h5-13,22H,4H2,1-3H3/b20-13+/t22-/m1/s1. The van der Waals surface area contributed by atoms with Gasteiger partial charge in [-0.2, -0.15) is 0 Å². The molecule has 0 saturated heterocycles. The number of fused-ring (bicyclic) bond motifs is 1. The van der Waals surface area contributed by atoms with Crippen LogP contribution in [0.3, 0.4) is 0 Å². The van der Waals surface area contributed by atoms with Crippen molar-refractivity contribution in [3.8, 4) is 5.75 Å². The minimum atomic E-state index is -0.755. The van der Waals surface area contributed by atoms with E-state index in [-0.39, 0.29) is 17.7 Å². The van der Waals surface area contributed by atoms with Crippen molar-refractivity contribution in [2.75, 3.05) is 6.61 Å². The van der Waals surface area contributed by atoms with Gasteiger partial charge in [-0.1, -0.05) is 53.3 Å². The van der Waals surface area contributed by atoms with E-state index in [1.807, 2.05) is 18.2 Å². The second kappa shape index (κ2) is 9.79. The zero-order valence-corrected chi connectivity index (χ0v) is 20.3. The van der Waals surface area contributed by atoms with Gasteiger partial charge in [-0.05, 0) is 49.2 Å². The normalized spacial score (nSPS) is 15.5. The van der Waals surface area contributed by atoms with Crippen LogP contribution in [-0.2, 0) is 14.3 Å². The summed E-state index contributed by atoms with van der Waals surface area (Å²) in [6.07, 6.45) is 1.72. The Morgan fingerprint density at radius 2 is 1.88 bits per heavy atom. The number of carbonyl (C=O) groups is 2. The minimum Gasteiger partial charge on any atom is -0.463 e. The lowest BCUT2D eigenvalue weighted by molar-refractivity contribution is -0.139. The van der Waals surface area contributed by atoms with Gasteiger partial charge in [0.25, 0.3) is 5.56 Å². The van der Waals surface area contributed by atoms with E-state index in [0.29, 0.717) is 36.9 Å². The molecule has 34 heavy (non-hydrogen) atoms. The highest BCUT2D eigenvalue weighted by Crippen LogP contribution is 2.31. The molecule has 2 heterocycles. The van der Waals surface area contributed by atoms with Crippen LogP contribution in [0.15, 0.2) is 69.6 Å². The fourth-order valence-electron chi connectivity index (χ4n) is 3.72. The molecule has 4 rings (SSSR count). The number of halogens is 1.